The first-order chi connectivity index (χ1) is 27.0. The zero-order valence-corrected chi connectivity index (χ0v) is 31.3. The van der Waals surface area contributed by atoms with Crippen molar-refractivity contribution in [3.8, 4) is 44.5 Å². The minimum absolute atomic E-state index is 0.0215. The highest BCUT2D eigenvalue weighted by molar-refractivity contribution is 5.88. The number of para-hydroxylation sites is 1. The van der Waals surface area contributed by atoms with E-state index in [-0.39, 0.29) is 10.8 Å². The standard InChI is InChI=1S/C54H41N/c1-53(2)49-18-10-7-15-44(49)46-30-24-39(34-51(46)53)36-20-26-42(27-21-36)55(41-13-4-3-5-14-41)43-28-22-37(23-29-43)40-25-31-47-45-16-8-11-19-50(45)54(52(47)35-40)33-32-38-12-6-9-17-48(38)54/h3-31,34-35H,32-33H2,1-2H3. The molecule has 3 aliphatic rings. The molecule has 1 nitrogen and oxygen atoms in total. The van der Waals surface area contributed by atoms with Crippen LogP contribution in [0.3, 0.4) is 0 Å². The highest BCUT2D eigenvalue weighted by Gasteiger charge is 2.48. The van der Waals surface area contributed by atoms with Crippen LogP contribution < -0.4 is 4.90 Å². The van der Waals surface area contributed by atoms with Gasteiger partial charge in [0.05, 0.1) is 0 Å². The molecule has 0 amide bonds. The third-order valence-corrected chi connectivity index (χ3v) is 12.9. The van der Waals surface area contributed by atoms with E-state index < -0.39 is 0 Å². The van der Waals surface area contributed by atoms with E-state index >= 15 is 0 Å². The van der Waals surface area contributed by atoms with Crippen molar-refractivity contribution in [3.05, 3.63) is 221 Å². The minimum Gasteiger partial charge on any atom is -0.311 e. The second-order valence-corrected chi connectivity index (χ2v) is 16.1. The van der Waals surface area contributed by atoms with Gasteiger partial charge in [0.15, 0.2) is 0 Å². The van der Waals surface area contributed by atoms with E-state index in [0.717, 1.165) is 29.9 Å². The Morgan fingerprint density at radius 3 is 1.47 bits per heavy atom. The first-order valence-corrected chi connectivity index (χ1v) is 19.6. The quantitative estimate of drug-likeness (QED) is 0.172. The number of nitrogens with zero attached hydrogens (tertiary/aromatic N) is 1. The third-order valence-electron chi connectivity index (χ3n) is 12.9. The van der Waals surface area contributed by atoms with Crippen LogP contribution in [-0.4, -0.2) is 0 Å². The summed E-state index contributed by atoms with van der Waals surface area (Å²) >= 11 is 0. The average Bonchev–Trinajstić information content (AvgIpc) is 3.85. The number of anilines is 3. The molecule has 0 radical (unpaired) electrons. The summed E-state index contributed by atoms with van der Waals surface area (Å²) in [5, 5.41) is 0. The molecule has 0 aromatic heterocycles. The van der Waals surface area contributed by atoms with Crippen molar-refractivity contribution in [2.24, 2.45) is 0 Å². The average molecular weight is 704 g/mol. The fourth-order valence-corrected chi connectivity index (χ4v) is 10.2. The molecule has 8 aromatic rings. The van der Waals surface area contributed by atoms with Crippen LogP contribution in [0.15, 0.2) is 188 Å². The molecule has 3 aliphatic carbocycles. The van der Waals surface area contributed by atoms with Crippen LogP contribution in [0.2, 0.25) is 0 Å². The molecular weight excluding hydrogens is 663 g/mol. The van der Waals surface area contributed by atoms with Gasteiger partial charge < -0.3 is 4.90 Å². The second-order valence-electron chi connectivity index (χ2n) is 16.1. The summed E-state index contributed by atoms with van der Waals surface area (Å²) in [5.74, 6) is 0. The highest BCUT2D eigenvalue weighted by Crippen LogP contribution is 2.59. The Kier molecular flexibility index (Phi) is 7.01. The van der Waals surface area contributed by atoms with Gasteiger partial charge in [0.25, 0.3) is 0 Å². The molecule has 55 heavy (non-hydrogen) atoms. The number of hydrogen-bond donors (Lipinski definition) is 0. The zero-order valence-electron chi connectivity index (χ0n) is 31.3. The molecule has 1 unspecified atom stereocenters. The number of hydrogen-bond acceptors (Lipinski definition) is 1. The van der Waals surface area contributed by atoms with E-state index in [0.29, 0.717) is 0 Å². The molecule has 0 fully saturated rings. The van der Waals surface area contributed by atoms with Crippen LogP contribution in [0.4, 0.5) is 17.1 Å². The molecule has 0 saturated carbocycles. The molecule has 1 spiro atoms. The molecule has 0 bridgehead atoms. The van der Waals surface area contributed by atoms with Crippen LogP contribution in [0.5, 0.6) is 0 Å². The first kappa shape index (κ1) is 32.0. The van der Waals surface area contributed by atoms with Crippen LogP contribution in [0.25, 0.3) is 44.5 Å². The van der Waals surface area contributed by atoms with Gasteiger partial charge in [-0.2, -0.15) is 0 Å². The zero-order chi connectivity index (χ0) is 36.7. The molecule has 11 rings (SSSR count). The van der Waals surface area contributed by atoms with E-state index in [1.807, 2.05) is 0 Å². The number of benzene rings is 8. The lowest BCUT2D eigenvalue weighted by molar-refractivity contribution is 0.626. The second kappa shape index (κ2) is 12.0. The summed E-state index contributed by atoms with van der Waals surface area (Å²) in [6.07, 6.45) is 2.22. The van der Waals surface area contributed by atoms with Crippen molar-refractivity contribution in [1.29, 1.82) is 0 Å². The topological polar surface area (TPSA) is 3.24 Å². The molecule has 262 valence electrons. The Hall–Kier alpha value is -6.44. The predicted octanol–water partition coefficient (Wildman–Crippen LogP) is 14.1. The highest BCUT2D eigenvalue weighted by atomic mass is 15.1. The van der Waals surface area contributed by atoms with Gasteiger partial charge in [-0.1, -0.05) is 153 Å². The largest absolute Gasteiger partial charge is 0.311 e. The Morgan fingerprint density at radius 2 is 0.818 bits per heavy atom. The third kappa shape index (κ3) is 4.72. The molecule has 0 N–H and O–H groups in total. The fraction of sp³-hybridized carbons (Fsp3) is 0.111. The number of aryl methyl sites for hydroxylation is 1. The van der Waals surface area contributed by atoms with Gasteiger partial charge in [-0.3, -0.25) is 0 Å². The van der Waals surface area contributed by atoms with Gasteiger partial charge in [-0.15, -0.1) is 0 Å². The van der Waals surface area contributed by atoms with Crippen molar-refractivity contribution < 1.29 is 0 Å². The molecular formula is C54H41N. The van der Waals surface area contributed by atoms with Crippen LogP contribution in [0, 0.1) is 0 Å². The van der Waals surface area contributed by atoms with Crippen LogP contribution >= 0.6 is 0 Å². The summed E-state index contributed by atoms with van der Waals surface area (Å²) in [4.78, 5) is 2.36. The summed E-state index contributed by atoms with van der Waals surface area (Å²) in [6.45, 7) is 4.70. The number of fused-ring (bicyclic) bond motifs is 10. The van der Waals surface area contributed by atoms with E-state index in [9.17, 15) is 0 Å². The Bertz CT molecular complexity index is 2770. The normalized spacial score (nSPS) is 16.6. The van der Waals surface area contributed by atoms with Gasteiger partial charge in [-0.25, -0.2) is 0 Å². The van der Waals surface area contributed by atoms with Crippen molar-refractivity contribution >= 4 is 17.1 Å². The minimum atomic E-state index is -0.0876. The lowest BCUT2D eigenvalue weighted by Crippen LogP contribution is -2.23. The maximum Gasteiger partial charge on any atom is 0.0469 e. The lowest BCUT2D eigenvalue weighted by atomic mass is 9.73. The lowest BCUT2D eigenvalue weighted by Gasteiger charge is -2.29. The maximum absolute atomic E-state index is 2.49. The van der Waals surface area contributed by atoms with Gasteiger partial charge in [0.1, 0.15) is 0 Å². The summed E-state index contributed by atoms with van der Waals surface area (Å²) < 4.78 is 0. The molecule has 1 atom stereocenters. The van der Waals surface area contributed by atoms with Gasteiger partial charge >= 0.3 is 0 Å². The monoisotopic (exact) mass is 703 g/mol. The van der Waals surface area contributed by atoms with E-state index in [4.69, 9.17) is 0 Å². The van der Waals surface area contributed by atoms with Crippen molar-refractivity contribution in [3.63, 3.8) is 0 Å². The molecule has 0 heterocycles. The van der Waals surface area contributed by atoms with Crippen molar-refractivity contribution in [1.82, 2.24) is 0 Å². The van der Waals surface area contributed by atoms with E-state index in [1.165, 1.54) is 77.9 Å². The van der Waals surface area contributed by atoms with Crippen molar-refractivity contribution in [2.75, 3.05) is 4.90 Å². The maximum atomic E-state index is 2.49. The summed E-state index contributed by atoms with van der Waals surface area (Å²) in [7, 11) is 0. The van der Waals surface area contributed by atoms with E-state index in [2.05, 4.69) is 207 Å². The van der Waals surface area contributed by atoms with Gasteiger partial charge in [0.2, 0.25) is 0 Å². The number of rotatable bonds is 5. The van der Waals surface area contributed by atoms with Crippen LogP contribution in [0.1, 0.15) is 53.6 Å². The summed E-state index contributed by atoms with van der Waals surface area (Å²) in [5.41, 5.74) is 22.4. The Morgan fingerprint density at radius 1 is 0.364 bits per heavy atom. The van der Waals surface area contributed by atoms with Gasteiger partial charge in [0, 0.05) is 27.9 Å². The Labute approximate surface area is 324 Å². The smallest absolute Gasteiger partial charge is 0.0469 e. The van der Waals surface area contributed by atoms with Crippen LogP contribution in [-0.2, 0) is 17.3 Å². The van der Waals surface area contributed by atoms with Crippen molar-refractivity contribution in [2.45, 2.75) is 37.5 Å². The first-order valence-electron chi connectivity index (χ1n) is 19.6. The van der Waals surface area contributed by atoms with Gasteiger partial charge in [-0.05, 0) is 139 Å². The molecule has 0 saturated heterocycles. The van der Waals surface area contributed by atoms with E-state index in [1.54, 1.807) is 0 Å². The molecule has 0 aliphatic heterocycles. The summed E-state index contributed by atoms with van der Waals surface area (Å²) in [6, 6.07) is 70.1. The molecule has 8 aromatic carbocycles. The SMILES string of the molecule is CC1(C)c2ccccc2-c2ccc(-c3ccc(N(c4ccccc4)c4ccc(-c5ccc6c(c5)C5(CCc7ccccc75)c5ccccc5-6)cc4)cc3)cc21. The molecule has 1 heteroatoms. The fourth-order valence-electron chi connectivity index (χ4n) is 10.2. The Balaban J connectivity index is 0.939. The predicted molar refractivity (Wildman–Crippen MR) is 230 cm³/mol.